The topological polar surface area (TPSA) is 69.6 Å². The molecular formula is C8H16N2O3. The van der Waals surface area contributed by atoms with Crippen molar-refractivity contribution in [3.05, 3.63) is 0 Å². The third-order valence-corrected chi connectivity index (χ3v) is 1.62. The first kappa shape index (κ1) is 11.7. The van der Waals surface area contributed by atoms with E-state index in [0.717, 1.165) is 6.42 Å². The molecule has 0 heterocycles. The van der Waals surface area contributed by atoms with Gasteiger partial charge < -0.3 is 15.3 Å². The molecule has 5 heteroatoms. The second-order valence-electron chi connectivity index (χ2n) is 2.93. The highest BCUT2D eigenvalue weighted by Gasteiger charge is 2.15. The number of carboxylic acids is 1. The van der Waals surface area contributed by atoms with Crippen LogP contribution in [0.2, 0.25) is 0 Å². The first-order valence-corrected chi connectivity index (χ1v) is 4.23. The normalized spacial score (nSPS) is 11.9. The zero-order chi connectivity index (χ0) is 10.4. The van der Waals surface area contributed by atoms with Crippen LogP contribution < -0.4 is 5.32 Å². The minimum absolute atomic E-state index is 0.350. The van der Waals surface area contributed by atoms with Crippen molar-refractivity contribution in [2.24, 2.45) is 0 Å². The molecule has 0 unspecified atom stereocenters. The fourth-order valence-electron chi connectivity index (χ4n) is 0.794. The molecule has 0 aliphatic carbocycles. The lowest BCUT2D eigenvalue weighted by atomic mass is 10.3. The first-order chi connectivity index (χ1) is 5.99. The van der Waals surface area contributed by atoms with Gasteiger partial charge in [0.1, 0.15) is 6.04 Å². The van der Waals surface area contributed by atoms with Crippen molar-refractivity contribution in [2.75, 3.05) is 13.6 Å². The van der Waals surface area contributed by atoms with E-state index in [1.54, 1.807) is 7.05 Å². The Morgan fingerprint density at radius 2 is 2.08 bits per heavy atom. The van der Waals surface area contributed by atoms with Crippen LogP contribution in [0.3, 0.4) is 0 Å². The van der Waals surface area contributed by atoms with E-state index in [1.165, 1.54) is 11.8 Å². The maximum Gasteiger partial charge on any atom is 0.325 e. The van der Waals surface area contributed by atoms with Gasteiger partial charge in [0.15, 0.2) is 0 Å². The van der Waals surface area contributed by atoms with Crippen LogP contribution in [0, 0.1) is 0 Å². The van der Waals surface area contributed by atoms with Gasteiger partial charge in [-0.25, -0.2) is 4.79 Å². The van der Waals surface area contributed by atoms with E-state index in [1.807, 2.05) is 6.92 Å². The molecule has 0 saturated heterocycles. The molecule has 0 radical (unpaired) electrons. The lowest BCUT2D eigenvalue weighted by molar-refractivity contribution is -0.138. The van der Waals surface area contributed by atoms with E-state index in [9.17, 15) is 9.59 Å². The highest BCUT2D eigenvalue weighted by Crippen LogP contribution is 1.89. The molecule has 1 atom stereocenters. The Morgan fingerprint density at radius 1 is 1.54 bits per heavy atom. The van der Waals surface area contributed by atoms with E-state index in [0.29, 0.717) is 6.54 Å². The molecule has 0 bridgehead atoms. The van der Waals surface area contributed by atoms with Gasteiger partial charge in [-0.2, -0.15) is 0 Å². The Kier molecular flexibility index (Phi) is 4.87. The van der Waals surface area contributed by atoms with Crippen LogP contribution in [0.1, 0.15) is 20.3 Å². The highest BCUT2D eigenvalue weighted by atomic mass is 16.4. The fraction of sp³-hybridized carbons (Fsp3) is 0.750. The number of carbonyl (C=O) groups excluding carboxylic acids is 1. The van der Waals surface area contributed by atoms with E-state index >= 15 is 0 Å². The molecule has 5 nitrogen and oxygen atoms in total. The molecule has 0 aromatic carbocycles. The number of urea groups is 1. The highest BCUT2D eigenvalue weighted by molar-refractivity contribution is 5.82. The predicted molar refractivity (Wildman–Crippen MR) is 48.6 cm³/mol. The largest absolute Gasteiger partial charge is 0.480 e. The summed E-state index contributed by atoms with van der Waals surface area (Å²) < 4.78 is 0. The van der Waals surface area contributed by atoms with Crippen molar-refractivity contribution in [2.45, 2.75) is 26.3 Å². The summed E-state index contributed by atoms with van der Waals surface area (Å²) in [6.07, 6.45) is 0.853. The summed E-state index contributed by atoms with van der Waals surface area (Å²) in [7, 11) is 1.63. The fourth-order valence-corrected chi connectivity index (χ4v) is 0.794. The number of nitrogens with one attached hydrogen (secondary N) is 1. The number of amides is 2. The Hall–Kier alpha value is -1.26. The number of nitrogens with zero attached hydrogens (tertiary/aromatic N) is 1. The number of rotatable bonds is 4. The van der Waals surface area contributed by atoms with Gasteiger partial charge in [0.25, 0.3) is 0 Å². The van der Waals surface area contributed by atoms with E-state index in [2.05, 4.69) is 5.32 Å². The van der Waals surface area contributed by atoms with Gasteiger partial charge in [0.2, 0.25) is 0 Å². The summed E-state index contributed by atoms with van der Waals surface area (Å²) in [5.74, 6) is -1.03. The lowest BCUT2D eigenvalue weighted by Crippen LogP contribution is -2.45. The second kappa shape index (κ2) is 5.40. The van der Waals surface area contributed by atoms with Gasteiger partial charge >= 0.3 is 12.0 Å². The average Bonchev–Trinajstić information content (AvgIpc) is 2.04. The maximum absolute atomic E-state index is 11.2. The Bertz CT molecular complexity index is 194. The van der Waals surface area contributed by atoms with Crippen LogP contribution in [-0.2, 0) is 4.79 Å². The monoisotopic (exact) mass is 188 g/mol. The third kappa shape index (κ3) is 4.35. The molecule has 0 aliphatic rings. The number of aliphatic carboxylic acids is 1. The van der Waals surface area contributed by atoms with Crippen LogP contribution in [0.4, 0.5) is 4.79 Å². The van der Waals surface area contributed by atoms with Gasteiger partial charge in [0, 0.05) is 13.6 Å². The standard InChI is InChI=1S/C8H16N2O3/c1-4-5-10(3)8(13)9-6(2)7(11)12/h6H,4-5H2,1-3H3,(H,9,13)(H,11,12)/t6-/m1/s1. The molecule has 0 aromatic rings. The quantitative estimate of drug-likeness (QED) is 0.675. The van der Waals surface area contributed by atoms with Crippen LogP contribution in [0.25, 0.3) is 0 Å². The number of hydrogen-bond donors (Lipinski definition) is 2. The van der Waals surface area contributed by atoms with Crippen LogP contribution in [0.5, 0.6) is 0 Å². The van der Waals surface area contributed by atoms with Crippen LogP contribution >= 0.6 is 0 Å². The predicted octanol–water partition coefficient (Wildman–Crippen LogP) is 0.511. The molecule has 13 heavy (non-hydrogen) atoms. The van der Waals surface area contributed by atoms with Gasteiger partial charge in [-0.1, -0.05) is 6.92 Å². The summed E-state index contributed by atoms with van der Waals surface area (Å²) in [6, 6.07) is -1.19. The number of hydrogen-bond acceptors (Lipinski definition) is 2. The minimum atomic E-state index is -1.03. The van der Waals surface area contributed by atoms with E-state index in [-0.39, 0.29) is 6.03 Å². The molecule has 0 aromatic heterocycles. The summed E-state index contributed by atoms with van der Waals surface area (Å²) in [4.78, 5) is 23.0. The minimum Gasteiger partial charge on any atom is -0.480 e. The summed E-state index contributed by atoms with van der Waals surface area (Å²) in [6.45, 7) is 4.00. The van der Waals surface area contributed by atoms with Gasteiger partial charge in [-0.3, -0.25) is 4.79 Å². The SMILES string of the molecule is CCCN(C)C(=O)N[C@H](C)C(=O)O. The van der Waals surface area contributed by atoms with Crippen LogP contribution in [-0.4, -0.2) is 41.6 Å². The molecule has 0 rings (SSSR count). The van der Waals surface area contributed by atoms with Crippen LogP contribution in [0.15, 0.2) is 0 Å². The lowest BCUT2D eigenvalue weighted by Gasteiger charge is -2.18. The van der Waals surface area contributed by atoms with Crippen molar-refractivity contribution >= 4 is 12.0 Å². The second-order valence-corrected chi connectivity index (χ2v) is 2.93. The zero-order valence-corrected chi connectivity index (χ0v) is 8.20. The van der Waals surface area contributed by atoms with Crippen molar-refractivity contribution in [3.8, 4) is 0 Å². The molecule has 2 N–H and O–H groups in total. The number of carbonyl (C=O) groups is 2. The van der Waals surface area contributed by atoms with Crippen molar-refractivity contribution in [1.29, 1.82) is 0 Å². The Morgan fingerprint density at radius 3 is 2.46 bits per heavy atom. The molecular weight excluding hydrogens is 172 g/mol. The Labute approximate surface area is 77.7 Å². The molecule has 0 saturated carbocycles. The Balaban J connectivity index is 3.92. The molecule has 76 valence electrons. The van der Waals surface area contributed by atoms with Crippen molar-refractivity contribution in [3.63, 3.8) is 0 Å². The van der Waals surface area contributed by atoms with Crippen molar-refractivity contribution < 1.29 is 14.7 Å². The van der Waals surface area contributed by atoms with Gasteiger partial charge in [0.05, 0.1) is 0 Å². The smallest absolute Gasteiger partial charge is 0.325 e. The number of carboxylic acid groups (broad SMARTS) is 1. The molecule has 0 spiro atoms. The zero-order valence-electron chi connectivity index (χ0n) is 8.20. The first-order valence-electron chi connectivity index (χ1n) is 4.23. The average molecular weight is 188 g/mol. The van der Waals surface area contributed by atoms with E-state index in [4.69, 9.17) is 5.11 Å². The summed E-state index contributed by atoms with van der Waals surface area (Å²) in [5.41, 5.74) is 0. The van der Waals surface area contributed by atoms with E-state index < -0.39 is 12.0 Å². The molecule has 0 aliphatic heterocycles. The molecule has 2 amide bonds. The van der Waals surface area contributed by atoms with Gasteiger partial charge in [-0.05, 0) is 13.3 Å². The molecule has 0 fully saturated rings. The maximum atomic E-state index is 11.2. The van der Waals surface area contributed by atoms with Crippen molar-refractivity contribution in [1.82, 2.24) is 10.2 Å². The third-order valence-electron chi connectivity index (χ3n) is 1.62. The summed E-state index contributed by atoms with van der Waals surface area (Å²) >= 11 is 0. The summed E-state index contributed by atoms with van der Waals surface area (Å²) in [5, 5.41) is 10.9. The van der Waals surface area contributed by atoms with Gasteiger partial charge in [-0.15, -0.1) is 0 Å².